The summed E-state index contributed by atoms with van der Waals surface area (Å²) < 4.78 is 0. The van der Waals surface area contributed by atoms with Crippen molar-refractivity contribution in [2.45, 2.75) is 13.5 Å². The van der Waals surface area contributed by atoms with Gasteiger partial charge in [0.2, 0.25) is 0 Å². The van der Waals surface area contributed by atoms with E-state index in [0.717, 1.165) is 16.0 Å². The Bertz CT molecular complexity index is 1080. The molecule has 0 bridgehead atoms. The molecule has 5 nitrogen and oxygen atoms in total. The molecule has 7 heteroatoms. The van der Waals surface area contributed by atoms with Crippen molar-refractivity contribution >= 4 is 46.0 Å². The van der Waals surface area contributed by atoms with E-state index < -0.39 is 0 Å². The predicted molar refractivity (Wildman–Crippen MR) is 111 cm³/mol. The van der Waals surface area contributed by atoms with Crippen LogP contribution in [0, 0.1) is 6.92 Å². The Kier molecular flexibility index (Phi) is 4.98. The van der Waals surface area contributed by atoms with E-state index in [4.69, 9.17) is 11.6 Å². The number of pyridine rings is 1. The van der Waals surface area contributed by atoms with Crippen LogP contribution in [-0.4, -0.2) is 21.7 Å². The van der Waals surface area contributed by atoms with Crippen LogP contribution in [0.2, 0.25) is 5.02 Å². The van der Waals surface area contributed by atoms with Crippen LogP contribution in [0.15, 0.2) is 65.9 Å². The van der Waals surface area contributed by atoms with E-state index in [1.807, 2.05) is 36.6 Å². The molecule has 0 spiro atoms. The van der Waals surface area contributed by atoms with Gasteiger partial charge in [-0.15, -0.1) is 11.3 Å². The smallest absolute Gasteiger partial charge is 0.278 e. The molecule has 3 heterocycles. The number of rotatable bonds is 5. The Hall–Kier alpha value is -2.96. The zero-order valence-corrected chi connectivity index (χ0v) is 16.6. The zero-order chi connectivity index (χ0) is 19.7. The number of thiophene rings is 1. The second-order valence-corrected chi connectivity index (χ2v) is 7.68. The Morgan fingerprint density at radius 1 is 1.11 bits per heavy atom. The molecule has 2 aromatic heterocycles. The molecule has 0 aliphatic carbocycles. The van der Waals surface area contributed by atoms with Gasteiger partial charge in [0.1, 0.15) is 5.70 Å². The Morgan fingerprint density at radius 3 is 2.68 bits per heavy atom. The molecule has 0 atom stereocenters. The van der Waals surface area contributed by atoms with Crippen molar-refractivity contribution < 1.29 is 9.59 Å². The average molecular weight is 410 g/mol. The molecule has 4 rings (SSSR count). The number of halogens is 1. The highest BCUT2D eigenvalue weighted by Crippen LogP contribution is 2.34. The van der Waals surface area contributed by atoms with Gasteiger partial charge in [0.05, 0.1) is 12.1 Å². The van der Waals surface area contributed by atoms with Crippen molar-refractivity contribution in [3.05, 3.63) is 87.0 Å². The topological polar surface area (TPSA) is 62.3 Å². The fourth-order valence-electron chi connectivity index (χ4n) is 3.04. The van der Waals surface area contributed by atoms with Crippen molar-refractivity contribution in [2.75, 3.05) is 5.32 Å². The third kappa shape index (κ3) is 3.32. The number of imide groups is 1. The third-order valence-corrected chi connectivity index (χ3v) is 5.82. The number of carbonyl (C=O) groups excluding carboxylic acids is 2. The number of nitrogens with one attached hydrogen (secondary N) is 1. The van der Waals surface area contributed by atoms with E-state index in [-0.39, 0.29) is 24.1 Å². The lowest BCUT2D eigenvalue weighted by Gasteiger charge is -2.15. The van der Waals surface area contributed by atoms with Gasteiger partial charge in [-0.05, 0) is 47.7 Å². The summed E-state index contributed by atoms with van der Waals surface area (Å²) in [6, 6.07) is 12.7. The van der Waals surface area contributed by atoms with Gasteiger partial charge in [-0.3, -0.25) is 19.5 Å². The van der Waals surface area contributed by atoms with Crippen LogP contribution >= 0.6 is 22.9 Å². The first-order valence-electron chi connectivity index (χ1n) is 8.61. The molecule has 2 amide bonds. The summed E-state index contributed by atoms with van der Waals surface area (Å²) in [6.45, 7) is 2.03. The van der Waals surface area contributed by atoms with Gasteiger partial charge in [0.25, 0.3) is 11.8 Å². The molecule has 3 aromatic rings. The van der Waals surface area contributed by atoms with Crippen molar-refractivity contribution in [1.82, 2.24) is 9.88 Å². The van der Waals surface area contributed by atoms with Crippen LogP contribution in [0.1, 0.15) is 16.0 Å². The van der Waals surface area contributed by atoms with Crippen molar-refractivity contribution in [1.29, 1.82) is 0 Å². The number of anilines is 1. The highest BCUT2D eigenvalue weighted by molar-refractivity contribution is 7.11. The quantitative estimate of drug-likeness (QED) is 0.630. The molecule has 1 N–H and O–H groups in total. The van der Waals surface area contributed by atoms with Gasteiger partial charge in [0.15, 0.2) is 0 Å². The Morgan fingerprint density at radius 2 is 1.96 bits per heavy atom. The standard InChI is InChI=1S/C21H16ClN3O2S/c1-13-15(22)6-2-7-16(13)24-19-18(17-8-4-10-28-17)20(26)25(21(19)27)12-14-5-3-9-23-11-14/h2-11,24H,12H2,1H3. The first-order valence-corrected chi connectivity index (χ1v) is 9.87. The first kappa shape index (κ1) is 18.4. The van der Waals surface area contributed by atoms with E-state index in [1.54, 1.807) is 30.6 Å². The van der Waals surface area contributed by atoms with Crippen molar-refractivity contribution in [2.24, 2.45) is 0 Å². The van der Waals surface area contributed by atoms with Crippen LogP contribution in [0.3, 0.4) is 0 Å². The minimum Gasteiger partial charge on any atom is -0.350 e. The summed E-state index contributed by atoms with van der Waals surface area (Å²) in [5.41, 5.74) is 2.94. The van der Waals surface area contributed by atoms with Gasteiger partial charge in [-0.1, -0.05) is 29.8 Å². The molecule has 1 aromatic carbocycles. The Labute approximate surface area is 171 Å². The molecule has 1 aliphatic heterocycles. The summed E-state index contributed by atoms with van der Waals surface area (Å²) in [5.74, 6) is -0.685. The van der Waals surface area contributed by atoms with E-state index in [0.29, 0.717) is 16.3 Å². The maximum absolute atomic E-state index is 13.2. The monoisotopic (exact) mass is 409 g/mol. The minimum atomic E-state index is -0.364. The normalized spacial score (nSPS) is 14.1. The number of carbonyl (C=O) groups is 2. The lowest BCUT2D eigenvalue weighted by atomic mass is 10.1. The van der Waals surface area contributed by atoms with E-state index in [9.17, 15) is 9.59 Å². The number of amides is 2. The number of nitrogens with zero attached hydrogens (tertiary/aromatic N) is 2. The second-order valence-electron chi connectivity index (χ2n) is 6.32. The second kappa shape index (κ2) is 7.58. The molecule has 0 saturated heterocycles. The molecule has 140 valence electrons. The lowest BCUT2D eigenvalue weighted by molar-refractivity contribution is -0.137. The highest BCUT2D eigenvalue weighted by Gasteiger charge is 2.39. The van der Waals surface area contributed by atoms with Crippen LogP contribution < -0.4 is 5.32 Å². The Balaban J connectivity index is 1.74. The molecule has 0 radical (unpaired) electrons. The molecule has 0 saturated carbocycles. The third-order valence-electron chi connectivity index (χ3n) is 4.53. The minimum absolute atomic E-state index is 0.167. The van der Waals surface area contributed by atoms with Crippen LogP contribution in [-0.2, 0) is 16.1 Å². The molecule has 0 unspecified atom stereocenters. The van der Waals surface area contributed by atoms with Gasteiger partial charge in [0, 0.05) is 28.0 Å². The maximum Gasteiger partial charge on any atom is 0.278 e. The molecule has 1 aliphatic rings. The number of benzene rings is 1. The van der Waals surface area contributed by atoms with E-state index in [2.05, 4.69) is 10.3 Å². The van der Waals surface area contributed by atoms with Gasteiger partial charge in [-0.2, -0.15) is 0 Å². The predicted octanol–water partition coefficient (Wildman–Crippen LogP) is 4.50. The average Bonchev–Trinajstić information content (AvgIpc) is 3.29. The highest BCUT2D eigenvalue weighted by atomic mass is 35.5. The van der Waals surface area contributed by atoms with Gasteiger partial charge >= 0.3 is 0 Å². The molecular weight excluding hydrogens is 394 g/mol. The maximum atomic E-state index is 13.2. The van der Waals surface area contributed by atoms with Crippen LogP contribution in [0.4, 0.5) is 5.69 Å². The summed E-state index contributed by atoms with van der Waals surface area (Å²) in [5, 5.41) is 5.63. The number of aromatic nitrogens is 1. The van der Waals surface area contributed by atoms with Crippen LogP contribution in [0.5, 0.6) is 0 Å². The lowest BCUT2D eigenvalue weighted by Crippen LogP contribution is -2.32. The number of hydrogen-bond donors (Lipinski definition) is 1. The van der Waals surface area contributed by atoms with E-state index in [1.165, 1.54) is 16.2 Å². The summed E-state index contributed by atoms with van der Waals surface area (Å²) in [6.07, 6.45) is 3.30. The largest absolute Gasteiger partial charge is 0.350 e. The summed E-state index contributed by atoms with van der Waals surface area (Å²) in [7, 11) is 0. The fraction of sp³-hybridized carbons (Fsp3) is 0.0952. The first-order chi connectivity index (χ1) is 13.6. The summed E-state index contributed by atoms with van der Waals surface area (Å²) in [4.78, 5) is 32.4. The van der Waals surface area contributed by atoms with E-state index >= 15 is 0 Å². The van der Waals surface area contributed by atoms with Crippen molar-refractivity contribution in [3.63, 3.8) is 0 Å². The SMILES string of the molecule is Cc1c(Cl)cccc1NC1=C(c2cccs2)C(=O)N(Cc2cccnc2)C1=O. The van der Waals surface area contributed by atoms with Crippen molar-refractivity contribution in [3.8, 4) is 0 Å². The summed E-state index contributed by atoms with van der Waals surface area (Å²) >= 11 is 7.63. The van der Waals surface area contributed by atoms with Gasteiger partial charge < -0.3 is 5.32 Å². The molecule has 28 heavy (non-hydrogen) atoms. The zero-order valence-electron chi connectivity index (χ0n) is 15.0. The number of hydrogen-bond acceptors (Lipinski definition) is 5. The fourth-order valence-corrected chi connectivity index (χ4v) is 3.98. The molecular formula is C21H16ClN3O2S. The van der Waals surface area contributed by atoms with Gasteiger partial charge in [-0.25, -0.2) is 0 Å². The van der Waals surface area contributed by atoms with Crippen LogP contribution in [0.25, 0.3) is 5.57 Å². The molecule has 0 fully saturated rings.